The summed E-state index contributed by atoms with van der Waals surface area (Å²) < 4.78 is 0. The van der Waals surface area contributed by atoms with E-state index in [-0.39, 0.29) is 11.9 Å². The van der Waals surface area contributed by atoms with Crippen LogP contribution >= 0.6 is 0 Å². The van der Waals surface area contributed by atoms with Crippen LogP contribution in [0.2, 0.25) is 0 Å². The summed E-state index contributed by atoms with van der Waals surface area (Å²) >= 11 is 0. The second kappa shape index (κ2) is 7.44. The van der Waals surface area contributed by atoms with Crippen LogP contribution < -0.4 is 10.2 Å². The van der Waals surface area contributed by atoms with Gasteiger partial charge in [-0.2, -0.15) is 0 Å². The Labute approximate surface area is 154 Å². The van der Waals surface area contributed by atoms with E-state index in [0.29, 0.717) is 11.7 Å². The lowest BCUT2D eigenvalue weighted by Crippen LogP contribution is -2.36. The van der Waals surface area contributed by atoms with E-state index in [2.05, 4.69) is 28.5 Å². The summed E-state index contributed by atoms with van der Waals surface area (Å²) in [5.74, 6) is 0.694. The van der Waals surface area contributed by atoms with Gasteiger partial charge in [-0.3, -0.25) is 4.79 Å². The van der Waals surface area contributed by atoms with Gasteiger partial charge in [0.1, 0.15) is 5.82 Å². The van der Waals surface area contributed by atoms with Gasteiger partial charge < -0.3 is 10.2 Å². The number of carbonyl (C=O) groups is 1. The number of anilines is 2. The van der Waals surface area contributed by atoms with Crippen LogP contribution in [0.5, 0.6) is 0 Å². The monoisotopic (exact) mass is 350 g/mol. The van der Waals surface area contributed by atoms with E-state index in [4.69, 9.17) is 0 Å². The number of fused-ring (bicyclic) bond motifs is 1. The third-order valence-electron chi connectivity index (χ3n) is 5.52. The molecule has 1 N–H and O–H groups in total. The summed E-state index contributed by atoms with van der Waals surface area (Å²) in [7, 11) is 0. The molecule has 1 amide bonds. The molecule has 4 rings (SSSR count). The Morgan fingerprint density at radius 2 is 1.81 bits per heavy atom. The van der Waals surface area contributed by atoms with Gasteiger partial charge in [-0.15, -0.1) is 10.2 Å². The first-order valence-electron chi connectivity index (χ1n) is 9.74. The van der Waals surface area contributed by atoms with Gasteiger partial charge in [0.2, 0.25) is 0 Å². The van der Waals surface area contributed by atoms with Crippen LogP contribution in [0.3, 0.4) is 0 Å². The summed E-state index contributed by atoms with van der Waals surface area (Å²) in [6.07, 6.45) is 8.45. The van der Waals surface area contributed by atoms with Gasteiger partial charge in [-0.25, -0.2) is 0 Å². The summed E-state index contributed by atoms with van der Waals surface area (Å²) in [6.45, 7) is 2.08. The van der Waals surface area contributed by atoms with Crippen molar-refractivity contribution in [1.82, 2.24) is 10.2 Å². The Hall–Kier alpha value is -2.43. The molecule has 5 nitrogen and oxygen atoms in total. The number of carbonyl (C=O) groups excluding carboxylic acids is 1. The maximum Gasteiger partial charge on any atom is 0.279 e. The molecule has 0 radical (unpaired) electrons. The first-order valence-corrected chi connectivity index (χ1v) is 9.74. The van der Waals surface area contributed by atoms with Crippen molar-refractivity contribution in [2.45, 2.75) is 64.0 Å². The molecule has 2 aromatic rings. The molecule has 136 valence electrons. The molecule has 2 aliphatic rings. The van der Waals surface area contributed by atoms with Crippen molar-refractivity contribution in [3.05, 3.63) is 47.7 Å². The summed E-state index contributed by atoms with van der Waals surface area (Å²) in [6, 6.07) is 12.4. The summed E-state index contributed by atoms with van der Waals surface area (Å²) in [4.78, 5) is 14.8. The smallest absolute Gasteiger partial charge is 0.279 e. The van der Waals surface area contributed by atoms with Crippen LogP contribution in [0.1, 0.15) is 61.5 Å². The Morgan fingerprint density at radius 3 is 2.54 bits per heavy atom. The summed E-state index contributed by atoms with van der Waals surface area (Å²) in [5, 5.41) is 12.0. The second-order valence-electron chi connectivity index (χ2n) is 7.49. The molecule has 1 aromatic carbocycles. The molecule has 0 saturated heterocycles. The van der Waals surface area contributed by atoms with E-state index >= 15 is 0 Å². The maximum absolute atomic E-state index is 13.0. The number of para-hydroxylation sites is 1. The predicted octanol–water partition coefficient (Wildman–Crippen LogP) is 4.20. The zero-order valence-electron chi connectivity index (χ0n) is 15.3. The average molecular weight is 350 g/mol. The van der Waals surface area contributed by atoms with Crippen LogP contribution in [0.15, 0.2) is 36.4 Å². The average Bonchev–Trinajstić information content (AvgIpc) is 2.81. The predicted molar refractivity (Wildman–Crippen MR) is 104 cm³/mol. The standard InChI is InChI=1S/C21H26N4O/c1-15-14-16-8-6-7-11-19(16)25(15)21(26)18-12-13-20(24-23-18)22-17-9-4-2-3-5-10-17/h6-8,11-13,15,17H,2-5,9-10,14H2,1H3,(H,22,24). The molecule has 1 aliphatic carbocycles. The number of hydrogen-bond acceptors (Lipinski definition) is 4. The lowest BCUT2D eigenvalue weighted by atomic mass is 10.1. The van der Waals surface area contributed by atoms with Crippen molar-refractivity contribution in [2.24, 2.45) is 0 Å². The van der Waals surface area contributed by atoms with Crippen LogP contribution in [-0.4, -0.2) is 28.2 Å². The van der Waals surface area contributed by atoms with Crippen LogP contribution in [0.25, 0.3) is 0 Å². The second-order valence-corrected chi connectivity index (χ2v) is 7.49. The molecule has 26 heavy (non-hydrogen) atoms. The number of hydrogen-bond donors (Lipinski definition) is 1. The fourth-order valence-electron chi connectivity index (χ4n) is 4.15. The normalized spacial score (nSPS) is 20.5. The molecule has 1 unspecified atom stereocenters. The highest BCUT2D eigenvalue weighted by atomic mass is 16.2. The number of nitrogens with one attached hydrogen (secondary N) is 1. The lowest BCUT2D eigenvalue weighted by molar-refractivity contribution is 0.0975. The Bertz CT molecular complexity index is 766. The van der Waals surface area contributed by atoms with Gasteiger partial charge in [0.15, 0.2) is 5.69 Å². The largest absolute Gasteiger partial charge is 0.366 e. The van der Waals surface area contributed by atoms with Crippen LogP contribution in [-0.2, 0) is 6.42 Å². The number of rotatable bonds is 3. The molecular weight excluding hydrogens is 324 g/mol. The van der Waals surface area contributed by atoms with E-state index in [1.807, 2.05) is 29.2 Å². The van der Waals surface area contributed by atoms with Gasteiger partial charge >= 0.3 is 0 Å². The maximum atomic E-state index is 13.0. The quantitative estimate of drug-likeness (QED) is 0.843. The zero-order chi connectivity index (χ0) is 17.9. The van der Waals surface area contributed by atoms with Crippen molar-refractivity contribution in [3.8, 4) is 0 Å². The molecule has 1 aromatic heterocycles. The Morgan fingerprint density at radius 1 is 1.04 bits per heavy atom. The fourth-order valence-corrected chi connectivity index (χ4v) is 4.15. The third-order valence-corrected chi connectivity index (χ3v) is 5.52. The molecule has 1 aliphatic heterocycles. The topological polar surface area (TPSA) is 58.1 Å². The Balaban J connectivity index is 1.47. The Kier molecular flexibility index (Phi) is 4.87. The molecule has 5 heteroatoms. The first-order chi connectivity index (χ1) is 12.7. The zero-order valence-corrected chi connectivity index (χ0v) is 15.3. The van der Waals surface area contributed by atoms with Gasteiger partial charge in [0.05, 0.1) is 0 Å². The first kappa shape index (κ1) is 17.0. The SMILES string of the molecule is CC1Cc2ccccc2N1C(=O)c1ccc(NC2CCCCCC2)nn1. The number of amides is 1. The van der Waals surface area contributed by atoms with Crippen molar-refractivity contribution < 1.29 is 4.79 Å². The third kappa shape index (κ3) is 3.43. The molecule has 1 saturated carbocycles. The molecule has 1 atom stereocenters. The van der Waals surface area contributed by atoms with Gasteiger partial charge in [0, 0.05) is 17.8 Å². The molecular formula is C21H26N4O. The lowest BCUT2D eigenvalue weighted by Gasteiger charge is -2.22. The number of benzene rings is 1. The highest BCUT2D eigenvalue weighted by Crippen LogP contribution is 2.32. The van der Waals surface area contributed by atoms with Crippen LogP contribution in [0.4, 0.5) is 11.5 Å². The fraction of sp³-hybridized carbons (Fsp3) is 0.476. The van der Waals surface area contributed by atoms with E-state index in [0.717, 1.165) is 17.9 Å². The van der Waals surface area contributed by atoms with Crippen LogP contribution in [0, 0.1) is 0 Å². The number of nitrogens with zero attached hydrogens (tertiary/aromatic N) is 3. The van der Waals surface area contributed by atoms with Gasteiger partial charge in [-0.05, 0) is 49.9 Å². The van der Waals surface area contributed by atoms with Crippen molar-refractivity contribution in [2.75, 3.05) is 10.2 Å². The minimum Gasteiger partial charge on any atom is -0.366 e. The van der Waals surface area contributed by atoms with E-state index in [1.165, 1.54) is 44.1 Å². The molecule has 0 spiro atoms. The van der Waals surface area contributed by atoms with Crippen molar-refractivity contribution in [1.29, 1.82) is 0 Å². The molecule has 2 heterocycles. The minimum absolute atomic E-state index is 0.0732. The van der Waals surface area contributed by atoms with E-state index < -0.39 is 0 Å². The molecule has 1 fully saturated rings. The highest BCUT2D eigenvalue weighted by Gasteiger charge is 2.32. The minimum atomic E-state index is -0.0732. The van der Waals surface area contributed by atoms with Crippen molar-refractivity contribution >= 4 is 17.4 Å². The van der Waals surface area contributed by atoms with E-state index in [1.54, 1.807) is 6.07 Å². The van der Waals surface area contributed by atoms with Crippen molar-refractivity contribution in [3.63, 3.8) is 0 Å². The molecule has 0 bridgehead atoms. The van der Waals surface area contributed by atoms with E-state index in [9.17, 15) is 4.79 Å². The summed E-state index contributed by atoms with van der Waals surface area (Å²) in [5.41, 5.74) is 2.61. The van der Waals surface area contributed by atoms with Gasteiger partial charge in [-0.1, -0.05) is 43.9 Å². The number of aromatic nitrogens is 2. The highest BCUT2D eigenvalue weighted by molar-refractivity contribution is 6.06. The van der Waals surface area contributed by atoms with Gasteiger partial charge in [0.25, 0.3) is 5.91 Å².